The van der Waals surface area contributed by atoms with Crippen LogP contribution in [0.25, 0.3) is 0 Å². The molecule has 0 bridgehead atoms. The minimum atomic E-state index is -3.67. The zero-order valence-electron chi connectivity index (χ0n) is 14.9. The van der Waals surface area contributed by atoms with Gasteiger partial charge in [-0.2, -0.15) is 0 Å². The second kappa shape index (κ2) is 7.78. The number of anilines is 1. The predicted molar refractivity (Wildman–Crippen MR) is 103 cm³/mol. The van der Waals surface area contributed by atoms with E-state index in [1.165, 1.54) is 12.1 Å². The summed E-state index contributed by atoms with van der Waals surface area (Å²) in [6, 6.07) is 13.6. The maximum absolute atomic E-state index is 12.6. The van der Waals surface area contributed by atoms with Gasteiger partial charge >= 0.3 is 0 Å². The van der Waals surface area contributed by atoms with Crippen molar-refractivity contribution in [3.8, 4) is 5.75 Å². The smallest absolute Gasteiger partial charge is 0.261 e. The van der Waals surface area contributed by atoms with Crippen molar-refractivity contribution >= 4 is 21.5 Å². The number of nitrogens with zero attached hydrogens (tertiary/aromatic N) is 1. The summed E-state index contributed by atoms with van der Waals surface area (Å²) in [7, 11) is -3.67. The third kappa shape index (κ3) is 4.54. The zero-order valence-corrected chi connectivity index (χ0v) is 15.7. The van der Waals surface area contributed by atoms with Crippen LogP contribution < -0.4 is 14.8 Å². The van der Waals surface area contributed by atoms with E-state index in [-0.39, 0.29) is 11.0 Å². The lowest BCUT2D eigenvalue weighted by atomic mass is 10.1. The van der Waals surface area contributed by atoms with Crippen molar-refractivity contribution < 1.29 is 13.2 Å². The molecule has 0 atom stereocenters. The molecule has 138 valence electrons. The van der Waals surface area contributed by atoms with Gasteiger partial charge in [0.1, 0.15) is 11.6 Å². The van der Waals surface area contributed by atoms with Crippen LogP contribution in [0.3, 0.4) is 0 Å². The molecule has 0 amide bonds. The Morgan fingerprint density at radius 2 is 1.92 bits per heavy atom. The molecule has 2 N–H and O–H groups in total. The largest absolute Gasteiger partial charge is 0.491 e. The van der Waals surface area contributed by atoms with Gasteiger partial charge in [0.05, 0.1) is 11.0 Å². The molecule has 3 rings (SSSR count). The highest BCUT2D eigenvalue weighted by Gasteiger charge is 2.15. The molecule has 0 aliphatic carbocycles. The van der Waals surface area contributed by atoms with Gasteiger partial charge in [-0.3, -0.25) is 9.71 Å². The first kappa shape index (κ1) is 18.3. The van der Waals surface area contributed by atoms with E-state index >= 15 is 0 Å². The zero-order chi connectivity index (χ0) is 18.6. The molecule has 1 heterocycles. The molecule has 6 nitrogen and oxygen atoms in total. The molecule has 1 aliphatic rings. The number of hydrogen-bond acceptors (Lipinski definition) is 5. The minimum Gasteiger partial charge on any atom is -0.491 e. The van der Waals surface area contributed by atoms with Gasteiger partial charge in [-0.1, -0.05) is 12.1 Å². The average molecular weight is 373 g/mol. The van der Waals surface area contributed by atoms with Crippen molar-refractivity contribution in [1.29, 1.82) is 0 Å². The van der Waals surface area contributed by atoms with Crippen LogP contribution >= 0.6 is 0 Å². The monoisotopic (exact) mass is 373 g/mol. The number of amidine groups is 1. The summed E-state index contributed by atoms with van der Waals surface area (Å²) in [5.41, 5.74) is 1.37. The van der Waals surface area contributed by atoms with Crippen LogP contribution in [0, 0.1) is 0 Å². The lowest BCUT2D eigenvalue weighted by Gasteiger charge is -2.16. The van der Waals surface area contributed by atoms with E-state index in [1.807, 2.05) is 26.0 Å². The Balaban J connectivity index is 1.78. The van der Waals surface area contributed by atoms with Gasteiger partial charge in [-0.05, 0) is 56.7 Å². The first-order valence-corrected chi connectivity index (χ1v) is 10.1. The molecule has 2 aromatic carbocycles. The Kier molecular flexibility index (Phi) is 5.46. The summed E-state index contributed by atoms with van der Waals surface area (Å²) < 4.78 is 33.4. The first-order valence-electron chi connectivity index (χ1n) is 8.62. The Bertz CT molecular complexity index is 891. The summed E-state index contributed by atoms with van der Waals surface area (Å²) in [6.45, 7) is 5.50. The lowest BCUT2D eigenvalue weighted by molar-refractivity contribution is 0.242. The quantitative estimate of drug-likeness (QED) is 0.816. The van der Waals surface area contributed by atoms with Crippen molar-refractivity contribution in [3.05, 3.63) is 54.1 Å². The first-order chi connectivity index (χ1) is 12.4. The molecule has 1 aliphatic heterocycles. The van der Waals surface area contributed by atoms with Gasteiger partial charge in [-0.15, -0.1) is 0 Å². The molecule has 2 aromatic rings. The van der Waals surface area contributed by atoms with E-state index in [0.717, 1.165) is 30.9 Å². The van der Waals surface area contributed by atoms with E-state index in [1.54, 1.807) is 24.3 Å². The number of benzene rings is 2. The van der Waals surface area contributed by atoms with E-state index in [2.05, 4.69) is 15.0 Å². The normalized spacial score (nSPS) is 14.5. The van der Waals surface area contributed by atoms with Gasteiger partial charge in [0.15, 0.2) is 0 Å². The van der Waals surface area contributed by atoms with Crippen molar-refractivity contribution in [1.82, 2.24) is 5.32 Å². The van der Waals surface area contributed by atoms with Crippen LogP contribution in [0.4, 0.5) is 5.69 Å². The predicted octanol–water partition coefficient (Wildman–Crippen LogP) is 3.01. The van der Waals surface area contributed by atoms with Crippen LogP contribution in [0.5, 0.6) is 5.75 Å². The van der Waals surface area contributed by atoms with Crippen molar-refractivity contribution in [2.24, 2.45) is 4.99 Å². The second-order valence-electron chi connectivity index (χ2n) is 6.33. The van der Waals surface area contributed by atoms with E-state index < -0.39 is 10.0 Å². The number of sulfonamides is 1. The minimum absolute atomic E-state index is 0.0367. The number of rotatable bonds is 6. The maximum atomic E-state index is 12.6. The van der Waals surface area contributed by atoms with Crippen LogP contribution in [-0.4, -0.2) is 33.4 Å². The highest BCUT2D eigenvalue weighted by atomic mass is 32.2. The Labute approximate surface area is 154 Å². The summed E-state index contributed by atoms with van der Waals surface area (Å²) in [6.07, 6.45) is 1.04. The van der Waals surface area contributed by atoms with Crippen LogP contribution in [0.15, 0.2) is 58.4 Å². The van der Waals surface area contributed by atoms with Crippen LogP contribution in [0.2, 0.25) is 0 Å². The van der Waals surface area contributed by atoms with Gasteiger partial charge < -0.3 is 10.1 Å². The average Bonchev–Trinajstić information content (AvgIpc) is 2.62. The van der Waals surface area contributed by atoms with Crippen molar-refractivity contribution in [2.45, 2.75) is 31.3 Å². The highest BCUT2D eigenvalue weighted by molar-refractivity contribution is 7.92. The second-order valence-corrected chi connectivity index (χ2v) is 8.02. The maximum Gasteiger partial charge on any atom is 0.261 e. The fraction of sp³-hybridized carbons (Fsp3) is 0.316. The lowest BCUT2D eigenvalue weighted by Crippen LogP contribution is -2.30. The molecule has 0 fully saturated rings. The molecule has 0 saturated carbocycles. The standard InChI is InChI=1S/C19H23N3O3S/c1-14(2)25-17-7-9-18(10-8-17)26(23,24)22-16-6-3-5-15(13-16)19-20-11-4-12-21-19/h3,5-10,13-14,22H,4,11-12H2,1-2H3,(H,20,21). The van der Waals surface area contributed by atoms with Gasteiger partial charge in [-0.25, -0.2) is 8.42 Å². The fourth-order valence-electron chi connectivity index (χ4n) is 2.64. The third-order valence-electron chi connectivity index (χ3n) is 3.79. The molecule has 0 spiro atoms. The fourth-order valence-corrected chi connectivity index (χ4v) is 3.69. The number of hydrogen-bond donors (Lipinski definition) is 2. The van der Waals surface area contributed by atoms with E-state index in [0.29, 0.717) is 11.4 Å². The van der Waals surface area contributed by atoms with E-state index in [4.69, 9.17) is 4.74 Å². The summed E-state index contributed by atoms with van der Waals surface area (Å²) in [4.78, 5) is 4.63. The molecule has 0 saturated heterocycles. The van der Waals surface area contributed by atoms with Gasteiger partial charge in [0.2, 0.25) is 0 Å². The van der Waals surface area contributed by atoms with E-state index in [9.17, 15) is 8.42 Å². The summed E-state index contributed by atoms with van der Waals surface area (Å²) >= 11 is 0. The molecule has 0 unspecified atom stereocenters. The molecule has 7 heteroatoms. The Hall–Kier alpha value is -2.54. The van der Waals surface area contributed by atoms with Crippen molar-refractivity contribution in [2.75, 3.05) is 17.8 Å². The van der Waals surface area contributed by atoms with Gasteiger partial charge in [0, 0.05) is 24.3 Å². The number of aliphatic imine (C=N–C) groups is 1. The molecule has 0 aromatic heterocycles. The summed E-state index contributed by atoms with van der Waals surface area (Å²) in [5.74, 6) is 1.44. The molecular formula is C19H23N3O3S. The molecule has 0 radical (unpaired) electrons. The Morgan fingerprint density at radius 3 is 2.58 bits per heavy atom. The Morgan fingerprint density at radius 1 is 1.15 bits per heavy atom. The van der Waals surface area contributed by atoms with Crippen LogP contribution in [-0.2, 0) is 10.0 Å². The topological polar surface area (TPSA) is 79.8 Å². The van der Waals surface area contributed by atoms with Crippen molar-refractivity contribution in [3.63, 3.8) is 0 Å². The SMILES string of the molecule is CC(C)Oc1ccc(S(=O)(=O)Nc2cccc(C3=NCCCN3)c2)cc1. The molecule has 26 heavy (non-hydrogen) atoms. The summed E-state index contributed by atoms with van der Waals surface area (Å²) in [5, 5.41) is 3.24. The number of nitrogens with one attached hydrogen (secondary N) is 2. The third-order valence-corrected chi connectivity index (χ3v) is 5.19. The van der Waals surface area contributed by atoms with Gasteiger partial charge in [0.25, 0.3) is 10.0 Å². The number of ether oxygens (including phenoxy) is 1. The van der Waals surface area contributed by atoms with Crippen LogP contribution in [0.1, 0.15) is 25.8 Å². The molecular weight excluding hydrogens is 350 g/mol. The highest BCUT2D eigenvalue weighted by Crippen LogP contribution is 2.21.